The second-order valence-corrected chi connectivity index (χ2v) is 3.88. The van der Waals surface area contributed by atoms with Gasteiger partial charge in [0.15, 0.2) is 0 Å². The third-order valence-corrected chi connectivity index (χ3v) is 2.04. The Kier molecular flexibility index (Phi) is 3.90. The van der Waals surface area contributed by atoms with E-state index in [9.17, 15) is 18.0 Å². The number of ether oxygens (including phenoxy) is 1. The van der Waals surface area contributed by atoms with Crippen LogP contribution >= 0.6 is 15.9 Å². The molecule has 1 aromatic rings. The number of nitrogens with zero attached hydrogens (tertiary/aromatic N) is 1. The van der Waals surface area contributed by atoms with Gasteiger partial charge in [0.2, 0.25) is 6.10 Å². The second kappa shape index (κ2) is 4.82. The lowest BCUT2D eigenvalue weighted by atomic mass is 10.1. The molecule has 0 aliphatic heterocycles. The molecule has 1 atom stereocenters. The van der Waals surface area contributed by atoms with E-state index in [2.05, 4.69) is 25.7 Å². The normalized spacial score (nSPS) is 13.3. The van der Waals surface area contributed by atoms with Crippen LogP contribution in [0.3, 0.4) is 0 Å². The third-order valence-electron chi connectivity index (χ3n) is 1.61. The molecule has 1 aromatic heterocycles. The molecule has 1 heterocycles. The van der Waals surface area contributed by atoms with Crippen LogP contribution in [0.15, 0.2) is 22.9 Å². The number of alkyl halides is 3. The molecule has 0 spiro atoms. The van der Waals surface area contributed by atoms with E-state index < -0.39 is 18.2 Å². The second-order valence-electron chi connectivity index (χ2n) is 2.97. The number of carbonyl (C=O) groups is 1. The van der Waals surface area contributed by atoms with E-state index in [-0.39, 0.29) is 5.56 Å². The number of hydrogen-bond acceptors (Lipinski definition) is 3. The first-order valence-corrected chi connectivity index (χ1v) is 4.94. The maximum Gasteiger partial charge on any atom is 0.429 e. The molecule has 0 amide bonds. The predicted octanol–water partition coefficient (Wildman–Crippen LogP) is 3.01. The summed E-state index contributed by atoms with van der Waals surface area (Å²) in [6.07, 6.45) is -4.60. The van der Waals surface area contributed by atoms with Gasteiger partial charge in [0.1, 0.15) is 0 Å². The summed E-state index contributed by atoms with van der Waals surface area (Å²) in [6, 6.07) is 1.20. The quantitative estimate of drug-likeness (QED) is 0.788. The van der Waals surface area contributed by atoms with Crippen LogP contribution in [0.4, 0.5) is 13.2 Å². The summed E-state index contributed by atoms with van der Waals surface area (Å²) < 4.78 is 42.3. The van der Waals surface area contributed by atoms with Crippen molar-refractivity contribution in [1.82, 2.24) is 4.98 Å². The van der Waals surface area contributed by atoms with Crippen LogP contribution in [0.25, 0.3) is 0 Å². The molecular formula is C9H7BrF3NO2. The average molecular weight is 298 g/mol. The molecule has 0 aliphatic carbocycles. The average Bonchev–Trinajstić information content (AvgIpc) is 2.12. The summed E-state index contributed by atoms with van der Waals surface area (Å²) >= 11 is 2.99. The lowest BCUT2D eigenvalue weighted by Crippen LogP contribution is -2.25. The molecule has 1 rings (SSSR count). The minimum Gasteiger partial charge on any atom is -0.448 e. The van der Waals surface area contributed by atoms with Crippen LogP contribution in [0.5, 0.6) is 0 Å². The minimum absolute atomic E-state index is 0.225. The largest absolute Gasteiger partial charge is 0.448 e. The highest BCUT2D eigenvalue weighted by atomic mass is 79.9. The topological polar surface area (TPSA) is 39.2 Å². The standard InChI is InChI=1S/C9H7BrF3NO2/c1-5(15)16-8(9(11,12)13)6-2-7(10)4-14-3-6/h2-4,8H,1H3/t8-/m1/s1. The van der Waals surface area contributed by atoms with Crippen molar-refractivity contribution in [3.8, 4) is 0 Å². The number of aromatic nitrogens is 1. The van der Waals surface area contributed by atoms with Crippen molar-refractivity contribution in [2.45, 2.75) is 19.2 Å². The Morgan fingerprint density at radius 1 is 1.50 bits per heavy atom. The Hall–Kier alpha value is -1.11. The highest BCUT2D eigenvalue weighted by Crippen LogP contribution is 2.36. The van der Waals surface area contributed by atoms with E-state index in [0.29, 0.717) is 4.47 Å². The Morgan fingerprint density at radius 2 is 2.12 bits per heavy atom. The number of pyridine rings is 1. The molecule has 0 saturated carbocycles. The van der Waals surface area contributed by atoms with Crippen molar-refractivity contribution < 1.29 is 22.7 Å². The lowest BCUT2D eigenvalue weighted by Gasteiger charge is -2.19. The number of rotatable bonds is 2. The number of esters is 1. The van der Waals surface area contributed by atoms with Crippen LogP contribution in [0.1, 0.15) is 18.6 Å². The molecule has 88 valence electrons. The summed E-state index contributed by atoms with van der Waals surface area (Å²) in [7, 11) is 0. The van der Waals surface area contributed by atoms with Gasteiger partial charge in [0.05, 0.1) is 0 Å². The molecular weight excluding hydrogens is 291 g/mol. The predicted molar refractivity (Wildman–Crippen MR) is 52.5 cm³/mol. The highest BCUT2D eigenvalue weighted by Gasteiger charge is 2.43. The van der Waals surface area contributed by atoms with Crippen molar-refractivity contribution in [3.05, 3.63) is 28.5 Å². The number of hydrogen-bond donors (Lipinski definition) is 0. The molecule has 0 aliphatic rings. The zero-order valence-corrected chi connectivity index (χ0v) is 9.67. The van der Waals surface area contributed by atoms with E-state index in [4.69, 9.17) is 0 Å². The monoisotopic (exact) mass is 297 g/mol. The summed E-state index contributed by atoms with van der Waals surface area (Å²) in [5.74, 6) is -0.998. The van der Waals surface area contributed by atoms with Crippen molar-refractivity contribution >= 4 is 21.9 Å². The van der Waals surface area contributed by atoms with E-state index >= 15 is 0 Å². The zero-order valence-electron chi connectivity index (χ0n) is 8.08. The zero-order chi connectivity index (χ0) is 12.3. The molecule has 16 heavy (non-hydrogen) atoms. The Morgan fingerprint density at radius 3 is 2.56 bits per heavy atom. The molecule has 0 bridgehead atoms. The van der Waals surface area contributed by atoms with Crippen molar-refractivity contribution in [2.75, 3.05) is 0 Å². The van der Waals surface area contributed by atoms with Crippen molar-refractivity contribution in [2.24, 2.45) is 0 Å². The Labute approximate surface area is 97.8 Å². The molecule has 0 radical (unpaired) electrons. The van der Waals surface area contributed by atoms with E-state index in [1.165, 1.54) is 12.3 Å². The van der Waals surface area contributed by atoms with Crippen molar-refractivity contribution in [1.29, 1.82) is 0 Å². The third kappa shape index (κ3) is 3.48. The fourth-order valence-corrected chi connectivity index (χ4v) is 1.44. The SMILES string of the molecule is CC(=O)O[C@H](c1cncc(Br)c1)C(F)(F)F. The fourth-order valence-electron chi connectivity index (χ4n) is 1.06. The Bertz CT molecular complexity index is 395. The first kappa shape index (κ1) is 13.0. The smallest absolute Gasteiger partial charge is 0.429 e. The number of carbonyl (C=O) groups excluding carboxylic acids is 1. The summed E-state index contributed by atoms with van der Waals surface area (Å²) in [4.78, 5) is 14.2. The van der Waals surface area contributed by atoms with E-state index in [1.54, 1.807) is 0 Å². The van der Waals surface area contributed by atoms with E-state index in [0.717, 1.165) is 13.1 Å². The molecule has 0 aromatic carbocycles. The number of halogens is 4. The van der Waals surface area contributed by atoms with E-state index in [1.807, 2.05) is 0 Å². The maximum absolute atomic E-state index is 12.6. The summed E-state index contributed by atoms with van der Waals surface area (Å²) in [5, 5.41) is 0. The first-order chi connectivity index (χ1) is 7.30. The van der Waals surface area contributed by atoms with Crippen LogP contribution in [0.2, 0.25) is 0 Å². The molecule has 0 saturated heterocycles. The van der Waals surface area contributed by atoms with Crippen molar-refractivity contribution in [3.63, 3.8) is 0 Å². The van der Waals surface area contributed by atoms with Gasteiger partial charge in [-0.25, -0.2) is 0 Å². The molecule has 3 nitrogen and oxygen atoms in total. The van der Waals surface area contributed by atoms with Gasteiger partial charge in [-0.15, -0.1) is 0 Å². The van der Waals surface area contributed by atoms with Gasteiger partial charge in [-0.3, -0.25) is 9.78 Å². The van der Waals surface area contributed by atoms with Gasteiger partial charge in [-0.1, -0.05) is 0 Å². The van der Waals surface area contributed by atoms with Gasteiger partial charge < -0.3 is 4.74 Å². The summed E-state index contributed by atoms with van der Waals surface area (Å²) in [6.45, 7) is 0.921. The summed E-state index contributed by atoms with van der Waals surface area (Å²) in [5.41, 5.74) is -0.225. The fraction of sp³-hybridized carbons (Fsp3) is 0.333. The first-order valence-electron chi connectivity index (χ1n) is 4.15. The molecule has 0 fully saturated rings. The minimum atomic E-state index is -4.66. The molecule has 0 N–H and O–H groups in total. The van der Waals surface area contributed by atoms with Gasteiger partial charge in [-0.2, -0.15) is 13.2 Å². The maximum atomic E-state index is 12.6. The highest BCUT2D eigenvalue weighted by molar-refractivity contribution is 9.10. The van der Waals surface area contributed by atoms with Crippen LogP contribution in [0, 0.1) is 0 Å². The Balaban J connectivity index is 3.06. The van der Waals surface area contributed by atoms with Gasteiger partial charge in [0.25, 0.3) is 0 Å². The molecule has 0 unspecified atom stereocenters. The van der Waals surface area contributed by atoms with Gasteiger partial charge in [0, 0.05) is 29.4 Å². The van der Waals surface area contributed by atoms with Gasteiger partial charge >= 0.3 is 12.1 Å². The lowest BCUT2D eigenvalue weighted by molar-refractivity contribution is -0.223. The van der Waals surface area contributed by atoms with Gasteiger partial charge in [-0.05, 0) is 22.0 Å². The molecule has 7 heteroatoms. The van der Waals surface area contributed by atoms with Crippen LogP contribution < -0.4 is 0 Å². The van der Waals surface area contributed by atoms with Crippen LogP contribution in [-0.2, 0) is 9.53 Å². The van der Waals surface area contributed by atoms with Crippen LogP contribution in [-0.4, -0.2) is 17.1 Å².